The lowest BCUT2D eigenvalue weighted by molar-refractivity contribution is 0.410. The maximum atomic E-state index is 12.6. The third-order valence-electron chi connectivity index (χ3n) is 4.13. The van der Waals surface area contributed by atoms with Crippen LogP contribution in [0.3, 0.4) is 0 Å². The predicted octanol–water partition coefficient (Wildman–Crippen LogP) is 3.13. The van der Waals surface area contributed by atoms with E-state index in [9.17, 15) is 16.8 Å². The largest absolute Gasteiger partial charge is 0.280 e. The minimum Gasteiger partial charge on any atom is -0.280 e. The van der Waals surface area contributed by atoms with Crippen LogP contribution in [0, 0.1) is 13.8 Å². The third-order valence-corrected chi connectivity index (χ3v) is 7.72. The van der Waals surface area contributed by atoms with Crippen LogP contribution in [0.2, 0.25) is 0 Å². The molecule has 0 bridgehead atoms. The van der Waals surface area contributed by atoms with Crippen molar-refractivity contribution in [3.05, 3.63) is 53.6 Å². The van der Waals surface area contributed by atoms with Crippen LogP contribution in [0.1, 0.15) is 25.0 Å². The SMILES string of the molecule is Cc1ccc(S(=O)(=O)Nc2ccc(S(=O)(=O)N(C)C(C)C)cc2)c(C)c1. The predicted molar refractivity (Wildman–Crippen MR) is 103 cm³/mol. The highest BCUT2D eigenvalue weighted by molar-refractivity contribution is 7.92. The van der Waals surface area contributed by atoms with Gasteiger partial charge in [-0.2, -0.15) is 4.31 Å². The maximum absolute atomic E-state index is 12.6. The van der Waals surface area contributed by atoms with Crippen molar-refractivity contribution >= 4 is 25.7 Å². The summed E-state index contributed by atoms with van der Waals surface area (Å²) in [6.07, 6.45) is 0. The Hall–Kier alpha value is -1.90. The summed E-state index contributed by atoms with van der Waals surface area (Å²) in [5.74, 6) is 0. The van der Waals surface area contributed by atoms with E-state index >= 15 is 0 Å². The van der Waals surface area contributed by atoms with Gasteiger partial charge in [0.2, 0.25) is 10.0 Å². The molecule has 0 aliphatic carbocycles. The highest BCUT2D eigenvalue weighted by atomic mass is 32.2. The van der Waals surface area contributed by atoms with Gasteiger partial charge in [-0.05, 0) is 63.6 Å². The Balaban J connectivity index is 2.29. The molecule has 1 N–H and O–H groups in total. The second kappa shape index (κ2) is 7.38. The van der Waals surface area contributed by atoms with Crippen molar-refractivity contribution in [2.24, 2.45) is 0 Å². The molecule has 0 radical (unpaired) electrons. The first-order valence-electron chi connectivity index (χ1n) is 8.13. The van der Waals surface area contributed by atoms with Gasteiger partial charge in [0.1, 0.15) is 0 Å². The highest BCUT2D eigenvalue weighted by Gasteiger charge is 2.23. The van der Waals surface area contributed by atoms with Crippen molar-refractivity contribution in [2.45, 2.75) is 43.5 Å². The first kappa shape index (κ1) is 20.4. The lowest BCUT2D eigenvalue weighted by Crippen LogP contribution is -2.33. The number of anilines is 1. The van der Waals surface area contributed by atoms with E-state index in [4.69, 9.17) is 0 Å². The van der Waals surface area contributed by atoms with Crippen LogP contribution in [0.5, 0.6) is 0 Å². The summed E-state index contributed by atoms with van der Waals surface area (Å²) in [5.41, 5.74) is 1.93. The van der Waals surface area contributed by atoms with Crippen LogP contribution in [-0.2, 0) is 20.0 Å². The molecule has 6 nitrogen and oxygen atoms in total. The van der Waals surface area contributed by atoms with E-state index in [2.05, 4.69) is 4.72 Å². The van der Waals surface area contributed by atoms with Gasteiger partial charge in [-0.1, -0.05) is 17.7 Å². The number of aryl methyl sites for hydroxylation is 2. The van der Waals surface area contributed by atoms with Crippen molar-refractivity contribution in [3.8, 4) is 0 Å². The van der Waals surface area contributed by atoms with Crippen LogP contribution >= 0.6 is 0 Å². The van der Waals surface area contributed by atoms with Gasteiger partial charge in [0.25, 0.3) is 10.0 Å². The summed E-state index contributed by atoms with van der Waals surface area (Å²) < 4.78 is 53.8. The molecule has 0 fully saturated rings. The van der Waals surface area contributed by atoms with Crippen molar-refractivity contribution in [3.63, 3.8) is 0 Å². The molecule has 0 amide bonds. The number of hydrogen-bond donors (Lipinski definition) is 1. The quantitative estimate of drug-likeness (QED) is 0.813. The molecule has 0 unspecified atom stereocenters. The van der Waals surface area contributed by atoms with Crippen LogP contribution in [0.25, 0.3) is 0 Å². The van der Waals surface area contributed by atoms with Gasteiger partial charge in [0.05, 0.1) is 9.79 Å². The van der Waals surface area contributed by atoms with E-state index in [0.29, 0.717) is 11.3 Å². The minimum atomic E-state index is -3.75. The van der Waals surface area contributed by atoms with Crippen LogP contribution in [0.4, 0.5) is 5.69 Å². The molecule has 0 heterocycles. The fourth-order valence-corrected chi connectivity index (χ4v) is 5.10. The Bertz CT molecular complexity index is 996. The van der Waals surface area contributed by atoms with Crippen molar-refractivity contribution in [2.75, 3.05) is 11.8 Å². The zero-order chi connectivity index (χ0) is 19.7. The molecule has 26 heavy (non-hydrogen) atoms. The Morgan fingerprint density at radius 3 is 2.00 bits per heavy atom. The topological polar surface area (TPSA) is 83.5 Å². The van der Waals surface area contributed by atoms with Gasteiger partial charge in [0, 0.05) is 18.8 Å². The van der Waals surface area contributed by atoms with Crippen molar-refractivity contribution in [1.29, 1.82) is 0 Å². The molecule has 2 aromatic carbocycles. The molecule has 142 valence electrons. The molecule has 0 spiro atoms. The van der Waals surface area contributed by atoms with Gasteiger partial charge in [-0.25, -0.2) is 16.8 Å². The molecule has 0 atom stereocenters. The summed E-state index contributed by atoms with van der Waals surface area (Å²) in [4.78, 5) is 0.308. The summed E-state index contributed by atoms with van der Waals surface area (Å²) in [6, 6.07) is 10.6. The normalized spacial score (nSPS) is 12.6. The summed E-state index contributed by atoms with van der Waals surface area (Å²) in [6.45, 7) is 7.19. The zero-order valence-electron chi connectivity index (χ0n) is 15.5. The molecule has 0 aliphatic heterocycles. The van der Waals surface area contributed by atoms with E-state index in [1.165, 1.54) is 35.6 Å². The third kappa shape index (κ3) is 4.25. The first-order chi connectivity index (χ1) is 11.9. The molecule has 2 rings (SSSR count). The van der Waals surface area contributed by atoms with E-state index in [1.54, 1.807) is 39.0 Å². The molecule has 0 aliphatic rings. The fraction of sp³-hybridized carbons (Fsp3) is 0.333. The molecule has 0 aromatic heterocycles. The van der Waals surface area contributed by atoms with Crippen LogP contribution < -0.4 is 4.72 Å². The van der Waals surface area contributed by atoms with E-state index in [1.807, 2.05) is 6.92 Å². The Kier molecular flexibility index (Phi) is 5.79. The Morgan fingerprint density at radius 1 is 0.923 bits per heavy atom. The second-order valence-electron chi connectivity index (χ2n) is 6.51. The molecule has 2 aromatic rings. The number of hydrogen-bond acceptors (Lipinski definition) is 4. The van der Waals surface area contributed by atoms with Gasteiger partial charge >= 0.3 is 0 Å². The van der Waals surface area contributed by atoms with Crippen LogP contribution in [-0.4, -0.2) is 34.2 Å². The van der Waals surface area contributed by atoms with Crippen molar-refractivity contribution < 1.29 is 16.8 Å². The van der Waals surface area contributed by atoms with Crippen LogP contribution in [0.15, 0.2) is 52.3 Å². The number of sulfonamides is 2. The second-order valence-corrected chi connectivity index (χ2v) is 10.2. The van der Waals surface area contributed by atoms with Crippen molar-refractivity contribution in [1.82, 2.24) is 4.31 Å². The minimum absolute atomic E-state index is 0.114. The smallest absolute Gasteiger partial charge is 0.262 e. The first-order valence-corrected chi connectivity index (χ1v) is 11.1. The van der Waals surface area contributed by atoms with Gasteiger partial charge in [0.15, 0.2) is 0 Å². The molecule has 8 heteroatoms. The maximum Gasteiger partial charge on any atom is 0.262 e. The lowest BCUT2D eigenvalue weighted by Gasteiger charge is -2.21. The standard InChI is InChI=1S/C18H24N2O4S2/c1-13(2)20(5)26(23,24)17-9-7-16(8-10-17)19-25(21,22)18-11-6-14(3)12-15(18)4/h6-13,19H,1-5H3. The molecule has 0 saturated heterocycles. The molecular formula is C18H24N2O4S2. The summed E-state index contributed by atoms with van der Waals surface area (Å²) in [7, 11) is -5.84. The number of benzene rings is 2. The number of nitrogens with zero attached hydrogens (tertiary/aromatic N) is 1. The summed E-state index contributed by atoms with van der Waals surface area (Å²) >= 11 is 0. The average molecular weight is 397 g/mol. The number of nitrogens with one attached hydrogen (secondary N) is 1. The summed E-state index contributed by atoms with van der Waals surface area (Å²) in [5, 5.41) is 0. The molecule has 0 saturated carbocycles. The van der Waals surface area contributed by atoms with E-state index in [-0.39, 0.29) is 15.8 Å². The van der Waals surface area contributed by atoms with Gasteiger partial charge < -0.3 is 0 Å². The lowest BCUT2D eigenvalue weighted by atomic mass is 10.2. The Labute approximate surface area is 156 Å². The monoisotopic (exact) mass is 396 g/mol. The Morgan fingerprint density at radius 2 is 1.50 bits per heavy atom. The van der Waals surface area contributed by atoms with Gasteiger partial charge in [-0.15, -0.1) is 0 Å². The number of rotatable bonds is 6. The zero-order valence-corrected chi connectivity index (χ0v) is 17.1. The fourth-order valence-electron chi connectivity index (χ4n) is 2.45. The van der Waals surface area contributed by atoms with E-state index < -0.39 is 20.0 Å². The van der Waals surface area contributed by atoms with Gasteiger partial charge in [-0.3, -0.25) is 4.72 Å². The average Bonchev–Trinajstić information content (AvgIpc) is 2.53. The molecular weight excluding hydrogens is 372 g/mol. The van der Waals surface area contributed by atoms with E-state index in [0.717, 1.165) is 5.56 Å². The highest BCUT2D eigenvalue weighted by Crippen LogP contribution is 2.23.